The Morgan fingerprint density at radius 3 is 1.20 bits per heavy atom. The number of carboxylic acids is 1. The van der Waals surface area contributed by atoms with Crippen molar-refractivity contribution >= 4 is 30.0 Å². The molecule has 60 heavy (non-hydrogen) atoms. The second kappa shape index (κ2) is 30.4. The first-order chi connectivity index (χ1) is 28.9. The van der Waals surface area contributed by atoms with E-state index in [-0.39, 0.29) is 26.1 Å². The van der Waals surface area contributed by atoms with Gasteiger partial charge in [-0.2, -0.15) is 0 Å². The summed E-state index contributed by atoms with van der Waals surface area (Å²) in [5.74, 6) is 1.10. The van der Waals surface area contributed by atoms with E-state index >= 15 is 0 Å². The molecule has 2 aromatic rings. The van der Waals surface area contributed by atoms with Gasteiger partial charge in [-0.3, -0.25) is 14.4 Å². The van der Waals surface area contributed by atoms with Crippen LogP contribution in [0.1, 0.15) is 92.6 Å². The van der Waals surface area contributed by atoms with Crippen LogP contribution in [0.5, 0.6) is 0 Å². The van der Waals surface area contributed by atoms with Gasteiger partial charge in [-0.05, 0) is 28.9 Å². The minimum Gasteiger partial charge on any atom is -0.481 e. The van der Waals surface area contributed by atoms with Gasteiger partial charge in [-0.25, -0.2) is 9.59 Å². The van der Waals surface area contributed by atoms with Gasteiger partial charge in [0, 0.05) is 99.2 Å². The van der Waals surface area contributed by atoms with E-state index in [9.17, 15) is 24.0 Å². The molecule has 3 unspecified atom stereocenters. The smallest absolute Gasteiger partial charge is 0.410 e. The number of carbonyl (C=O) groups excluding carboxylic acids is 4. The highest BCUT2D eigenvalue weighted by atomic mass is 16.6. The lowest BCUT2D eigenvalue weighted by Crippen LogP contribution is -2.50. The first-order valence-corrected chi connectivity index (χ1v) is 22.0. The Labute approximate surface area is 360 Å². The number of piperazine rings is 3. The van der Waals surface area contributed by atoms with Crippen molar-refractivity contribution in [3.8, 4) is 0 Å². The number of nitrogens with zero attached hydrogens (tertiary/aromatic N) is 4. The van der Waals surface area contributed by atoms with Crippen LogP contribution in [0.25, 0.3) is 0 Å². The highest BCUT2D eigenvalue weighted by molar-refractivity contribution is 5.77. The van der Waals surface area contributed by atoms with E-state index in [2.05, 4.69) is 38.3 Å². The lowest BCUT2D eigenvalue weighted by molar-refractivity contribution is -0.138. The number of carbonyl (C=O) groups is 5. The molecule has 3 atom stereocenters. The number of ether oxygens (including phenoxy) is 2. The van der Waals surface area contributed by atoms with Gasteiger partial charge in [0.1, 0.15) is 13.2 Å². The molecule has 14 heteroatoms. The minimum absolute atomic E-state index is 0. The van der Waals surface area contributed by atoms with Crippen LogP contribution in [0.2, 0.25) is 0 Å². The molecule has 0 aromatic heterocycles. The molecular formula is C46H76N6O8. The Kier molecular flexibility index (Phi) is 26.0. The summed E-state index contributed by atoms with van der Waals surface area (Å²) in [6.45, 7) is 22.1. The van der Waals surface area contributed by atoms with Crippen LogP contribution < -0.4 is 10.6 Å². The number of benzene rings is 2. The number of rotatable bonds is 13. The normalized spacial score (nSPS) is 16.5. The molecule has 3 heterocycles. The fraction of sp³-hybridized carbons (Fsp3) is 0.630. The van der Waals surface area contributed by atoms with Gasteiger partial charge in [-0.1, -0.05) is 121 Å². The Bertz CT molecular complexity index is 1500. The number of hydrogen-bond acceptors (Lipinski definition) is 9. The van der Waals surface area contributed by atoms with Gasteiger partial charge >= 0.3 is 18.2 Å². The maximum Gasteiger partial charge on any atom is 0.410 e. The van der Waals surface area contributed by atoms with Crippen molar-refractivity contribution in [1.82, 2.24) is 30.2 Å². The molecule has 0 bridgehead atoms. The van der Waals surface area contributed by atoms with Crippen LogP contribution in [0.3, 0.4) is 0 Å². The van der Waals surface area contributed by atoms with Gasteiger partial charge < -0.3 is 44.8 Å². The molecule has 3 N–H and O–H groups in total. The Morgan fingerprint density at radius 2 is 0.850 bits per heavy atom. The largest absolute Gasteiger partial charge is 0.481 e. The van der Waals surface area contributed by atoms with Crippen molar-refractivity contribution in [2.24, 2.45) is 17.8 Å². The first-order valence-electron chi connectivity index (χ1n) is 22.0. The zero-order valence-corrected chi connectivity index (χ0v) is 37.2. The summed E-state index contributed by atoms with van der Waals surface area (Å²) in [6, 6.07) is 19.4. The fourth-order valence-electron chi connectivity index (χ4n) is 6.11. The molecule has 3 saturated heterocycles. The molecule has 0 saturated carbocycles. The third kappa shape index (κ3) is 22.1. The lowest BCUT2D eigenvalue weighted by Gasteiger charge is -2.34. The zero-order chi connectivity index (χ0) is 44.1. The quantitative estimate of drug-likeness (QED) is 0.197. The SMILES string of the molecule is CCC(C)CC(=O)N1CCN(C(=O)OCc2ccccc2)CC1.CCC(C)CC(=O)N1CCNCC1.CCC(C)CC(=O)O.O=C(OCc1ccccc1)N1CCNCC1.[HH]. The molecule has 3 aliphatic rings. The average molecular weight is 841 g/mol. The van der Waals surface area contributed by atoms with Crippen molar-refractivity contribution in [3.05, 3.63) is 71.8 Å². The van der Waals surface area contributed by atoms with E-state index in [4.69, 9.17) is 14.6 Å². The van der Waals surface area contributed by atoms with Crippen LogP contribution >= 0.6 is 0 Å². The van der Waals surface area contributed by atoms with Crippen LogP contribution in [0, 0.1) is 17.8 Å². The summed E-state index contributed by atoms with van der Waals surface area (Å²) in [7, 11) is 0. The molecular weight excluding hydrogens is 765 g/mol. The van der Waals surface area contributed by atoms with Crippen LogP contribution in [0.4, 0.5) is 9.59 Å². The van der Waals surface area contributed by atoms with E-state index in [1.807, 2.05) is 84.3 Å². The van der Waals surface area contributed by atoms with E-state index in [1.54, 1.807) is 9.80 Å². The lowest BCUT2D eigenvalue weighted by atomic mass is 10.0. The molecule has 4 amide bonds. The van der Waals surface area contributed by atoms with E-state index in [0.29, 0.717) is 69.3 Å². The molecule has 0 aliphatic carbocycles. The van der Waals surface area contributed by atoms with E-state index in [1.165, 1.54) is 0 Å². The van der Waals surface area contributed by atoms with Crippen molar-refractivity contribution < 1.29 is 40.0 Å². The van der Waals surface area contributed by atoms with Gasteiger partial charge in [0.25, 0.3) is 0 Å². The molecule has 3 fully saturated rings. The Hall–Kier alpha value is -4.69. The predicted octanol–water partition coefficient (Wildman–Crippen LogP) is 6.74. The molecule has 14 nitrogen and oxygen atoms in total. The number of aliphatic carboxylic acids is 1. The van der Waals surface area contributed by atoms with Crippen LogP contribution in [-0.4, -0.2) is 133 Å². The van der Waals surface area contributed by atoms with Crippen LogP contribution in [-0.2, 0) is 37.1 Å². The maximum atomic E-state index is 12.1. The molecule has 0 spiro atoms. The zero-order valence-electron chi connectivity index (χ0n) is 37.2. The summed E-state index contributed by atoms with van der Waals surface area (Å²) in [6.07, 6.45) is 4.15. The van der Waals surface area contributed by atoms with Gasteiger partial charge in [0.15, 0.2) is 0 Å². The minimum atomic E-state index is -0.695. The second-order valence-corrected chi connectivity index (χ2v) is 15.9. The third-order valence-electron chi connectivity index (χ3n) is 10.8. The highest BCUT2D eigenvalue weighted by Crippen LogP contribution is 2.13. The fourth-order valence-corrected chi connectivity index (χ4v) is 6.11. The van der Waals surface area contributed by atoms with Crippen molar-refractivity contribution in [2.45, 2.75) is 93.3 Å². The number of nitrogens with one attached hydrogen (secondary N) is 2. The molecule has 0 radical (unpaired) electrons. The number of amides is 4. The standard InChI is InChI=1S/C18H26N2O3.C12H16N2O2.C10H20N2O.C6H12O2.H2/c1-3-15(2)13-17(21)19-9-11-20(12-10-19)18(22)23-14-16-7-5-4-6-8-16;15-12(14-8-6-13-7-9-14)16-10-11-4-2-1-3-5-11;1-3-9(2)8-10(13)12-6-4-11-5-7-12;1-3-5(2)4-6(7)8;/h4-8,15H,3,9-14H2,1-2H3;1-5,13H,6-10H2;9,11H,3-8H2,1-2H3;5H,3-4H2,1-2H3,(H,7,8);1H. The average Bonchev–Trinajstić information content (AvgIpc) is 3.29. The van der Waals surface area contributed by atoms with Crippen LogP contribution in [0.15, 0.2) is 60.7 Å². The number of hydrogen-bond donors (Lipinski definition) is 3. The third-order valence-corrected chi connectivity index (χ3v) is 10.8. The molecule has 2 aromatic carbocycles. The van der Waals surface area contributed by atoms with Crippen molar-refractivity contribution in [2.75, 3.05) is 78.5 Å². The Morgan fingerprint density at radius 1 is 0.533 bits per heavy atom. The molecule has 3 aliphatic heterocycles. The summed E-state index contributed by atoms with van der Waals surface area (Å²) in [5, 5.41) is 14.7. The summed E-state index contributed by atoms with van der Waals surface area (Å²) in [5.41, 5.74) is 1.99. The van der Waals surface area contributed by atoms with Crippen molar-refractivity contribution in [3.63, 3.8) is 0 Å². The Balaban J connectivity index is 0.000000431. The topological polar surface area (TPSA) is 161 Å². The highest BCUT2D eigenvalue weighted by Gasteiger charge is 2.25. The predicted molar refractivity (Wildman–Crippen MR) is 237 cm³/mol. The van der Waals surface area contributed by atoms with Gasteiger partial charge in [-0.15, -0.1) is 0 Å². The summed E-state index contributed by atoms with van der Waals surface area (Å²) >= 11 is 0. The monoisotopic (exact) mass is 841 g/mol. The second-order valence-electron chi connectivity index (χ2n) is 15.9. The molecule has 5 rings (SSSR count). The summed E-state index contributed by atoms with van der Waals surface area (Å²) in [4.78, 5) is 64.7. The first kappa shape index (κ1) is 51.5. The number of carboxylic acid groups (broad SMARTS) is 1. The maximum absolute atomic E-state index is 12.1. The summed E-state index contributed by atoms with van der Waals surface area (Å²) < 4.78 is 10.6. The van der Waals surface area contributed by atoms with Crippen molar-refractivity contribution in [1.29, 1.82) is 0 Å². The van der Waals surface area contributed by atoms with Gasteiger partial charge in [0.05, 0.1) is 0 Å². The van der Waals surface area contributed by atoms with E-state index < -0.39 is 5.97 Å². The van der Waals surface area contributed by atoms with Gasteiger partial charge in [0.2, 0.25) is 11.8 Å². The van der Waals surface area contributed by atoms with E-state index in [0.717, 1.165) is 89.2 Å². The molecule has 338 valence electrons.